The summed E-state index contributed by atoms with van der Waals surface area (Å²) in [4.78, 5) is 10.6. The summed E-state index contributed by atoms with van der Waals surface area (Å²) in [5, 5.41) is 8.57. The van der Waals surface area contributed by atoms with Crippen LogP contribution in [0.5, 0.6) is 0 Å². The maximum Gasteiger partial charge on any atom is 0.419 e. The van der Waals surface area contributed by atoms with Gasteiger partial charge in [-0.1, -0.05) is 0 Å². The van der Waals surface area contributed by atoms with Gasteiger partial charge in [-0.2, -0.15) is 13.2 Å². The number of hydrogen-bond donors (Lipinski definition) is 2. The lowest BCUT2D eigenvalue weighted by Crippen LogP contribution is -2.10. The van der Waals surface area contributed by atoms with Gasteiger partial charge in [0.15, 0.2) is 0 Å². The molecule has 0 bridgehead atoms. The van der Waals surface area contributed by atoms with Gasteiger partial charge < -0.3 is 15.4 Å². The number of nitrogen functional groups attached to an aromatic ring is 1. The Morgan fingerprint density at radius 3 is 2.56 bits per heavy atom. The predicted octanol–water partition coefficient (Wildman–Crippen LogP) is 2.33. The first-order valence-corrected chi connectivity index (χ1v) is 4.97. The molecule has 0 amide bonds. The average molecular weight is 258 g/mol. The maximum absolute atomic E-state index is 12.8. The third-order valence-corrected chi connectivity index (χ3v) is 2.57. The van der Waals surface area contributed by atoms with Crippen LogP contribution in [0.3, 0.4) is 0 Å². The van der Waals surface area contributed by atoms with Crippen LogP contribution >= 0.6 is 0 Å². The highest BCUT2D eigenvalue weighted by molar-refractivity contribution is 5.89. The zero-order chi connectivity index (χ0) is 13.5. The van der Waals surface area contributed by atoms with Gasteiger partial charge in [0.1, 0.15) is 6.54 Å². The Hall–Kier alpha value is -2.18. The number of nitrogens with two attached hydrogens (primary N) is 1. The largest absolute Gasteiger partial charge is 0.480 e. The summed E-state index contributed by atoms with van der Waals surface area (Å²) in [6, 6.07) is 3.73. The van der Waals surface area contributed by atoms with Crippen molar-refractivity contribution in [3.05, 3.63) is 30.0 Å². The summed E-state index contributed by atoms with van der Waals surface area (Å²) in [5.74, 6) is -1.13. The molecule has 1 heterocycles. The number of hydrogen-bond acceptors (Lipinski definition) is 2. The summed E-state index contributed by atoms with van der Waals surface area (Å²) in [6.45, 7) is -0.398. The summed E-state index contributed by atoms with van der Waals surface area (Å²) in [5.41, 5.74) is 4.23. The second kappa shape index (κ2) is 3.94. The lowest BCUT2D eigenvalue weighted by molar-refractivity contribution is -0.137. The van der Waals surface area contributed by atoms with Gasteiger partial charge in [0.05, 0.1) is 5.56 Å². The van der Waals surface area contributed by atoms with Crippen LogP contribution in [0, 0.1) is 0 Å². The van der Waals surface area contributed by atoms with Gasteiger partial charge in [-0.3, -0.25) is 4.79 Å². The highest BCUT2D eigenvalue weighted by Gasteiger charge is 2.35. The highest BCUT2D eigenvalue weighted by atomic mass is 19.4. The first-order chi connectivity index (χ1) is 8.30. The minimum atomic E-state index is -4.57. The number of carboxylic acids is 1. The van der Waals surface area contributed by atoms with Crippen LogP contribution in [-0.2, 0) is 17.5 Å². The van der Waals surface area contributed by atoms with Gasteiger partial charge in [0, 0.05) is 22.8 Å². The van der Waals surface area contributed by atoms with E-state index < -0.39 is 24.3 Å². The normalized spacial score (nSPS) is 11.9. The number of nitrogens with zero attached hydrogens (tertiary/aromatic N) is 1. The quantitative estimate of drug-likeness (QED) is 0.812. The molecule has 7 heteroatoms. The second-order valence-electron chi connectivity index (χ2n) is 3.80. The number of halogens is 3. The Bertz CT molecular complexity index is 617. The summed E-state index contributed by atoms with van der Waals surface area (Å²) in [7, 11) is 0. The molecule has 0 unspecified atom stereocenters. The molecule has 2 aromatic rings. The molecule has 0 saturated heterocycles. The minimum absolute atomic E-state index is 0.0937. The Morgan fingerprint density at radius 1 is 1.33 bits per heavy atom. The predicted molar refractivity (Wildman–Crippen MR) is 59.0 cm³/mol. The molecule has 0 fully saturated rings. The van der Waals surface area contributed by atoms with E-state index in [1.807, 2.05) is 0 Å². The lowest BCUT2D eigenvalue weighted by Gasteiger charge is -2.12. The van der Waals surface area contributed by atoms with Crippen molar-refractivity contribution in [3.8, 4) is 0 Å². The fourth-order valence-corrected chi connectivity index (χ4v) is 1.89. The molecule has 96 valence electrons. The number of carboxylic acid groups (broad SMARTS) is 1. The van der Waals surface area contributed by atoms with Crippen molar-refractivity contribution in [2.24, 2.45) is 0 Å². The van der Waals surface area contributed by atoms with E-state index in [-0.39, 0.29) is 16.6 Å². The van der Waals surface area contributed by atoms with Gasteiger partial charge >= 0.3 is 12.1 Å². The van der Waals surface area contributed by atoms with E-state index in [0.717, 1.165) is 6.07 Å². The summed E-state index contributed by atoms with van der Waals surface area (Å²) in [6.07, 6.45) is -3.27. The van der Waals surface area contributed by atoms with Crippen LogP contribution in [-0.4, -0.2) is 15.6 Å². The number of anilines is 1. The summed E-state index contributed by atoms with van der Waals surface area (Å²) >= 11 is 0. The molecule has 0 aliphatic rings. The van der Waals surface area contributed by atoms with Crippen molar-refractivity contribution < 1.29 is 23.1 Å². The Kier molecular flexibility index (Phi) is 2.68. The van der Waals surface area contributed by atoms with E-state index in [2.05, 4.69) is 0 Å². The lowest BCUT2D eigenvalue weighted by atomic mass is 10.1. The van der Waals surface area contributed by atoms with Gasteiger partial charge in [-0.25, -0.2) is 0 Å². The van der Waals surface area contributed by atoms with Gasteiger partial charge in [-0.15, -0.1) is 0 Å². The molecular formula is C11H9F3N2O2. The molecule has 0 aliphatic carbocycles. The van der Waals surface area contributed by atoms with E-state index in [9.17, 15) is 18.0 Å². The maximum atomic E-state index is 12.8. The first-order valence-electron chi connectivity index (χ1n) is 4.97. The van der Waals surface area contributed by atoms with E-state index in [0.29, 0.717) is 0 Å². The number of alkyl halides is 3. The monoisotopic (exact) mass is 258 g/mol. The third-order valence-electron chi connectivity index (χ3n) is 2.57. The molecule has 0 radical (unpaired) electrons. The molecule has 0 atom stereocenters. The van der Waals surface area contributed by atoms with Crippen LogP contribution < -0.4 is 5.73 Å². The summed E-state index contributed by atoms with van der Waals surface area (Å²) < 4.78 is 39.8. The van der Waals surface area contributed by atoms with E-state index in [1.54, 1.807) is 0 Å². The minimum Gasteiger partial charge on any atom is -0.480 e. The number of benzene rings is 1. The molecule has 1 aromatic carbocycles. The van der Waals surface area contributed by atoms with Crippen molar-refractivity contribution >= 4 is 22.6 Å². The van der Waals surface area contributed by atoms with Crippen molar-refractivity contribution in [1.29, 1.82) is 0 Å². The molecule has 0 spiro atoms. The van der Waals surface area contributed by atoms with E-state index >= 15 is 0 Å². The van der Waals surface area contributed by atoms with Gasteiger partial charge in [0.2, 0.25) is 0 Å². The Morgan fingerprint density at radius 2 is 2.00 bits per heavy atom. The first kappa shape index (κ1) is 12.3. The smallest absolute Gasteiger partial charge is 0.419 e. The van der Waals surface area contributed by atoms with Gasteiger partial charge in [0.25, 0.3) is 0 Å². The molecule has 0 saturated carbocycles. The van der Waals surface area contributed by atoms with Crippen molar-refractivity contribution in [1.82, 2.24) is 4.57 Å². The molecule has 3 N–H and O–H groups in total. The van der Waals surface area contributed by atoms with Crippen molar-refractivity contribution in [2.75, 3.05) is 5.73 Å². The fraction of sp³-hybridized carbons (Fsp3) is 0.182. The molecule has 0 aliphatic heterocycles. The van der Waals surface area contributed by atoms with Crippen LogP contribution in [0.2, 0.25) is 0 Å². The molecule has 4 nitrogen and oxygen atoms in total. The van der Waals surface area contributed by atoms with Gasteiger partial charge in [-0.05, 0) is 18.2 Å². The fourth-order valence-electron chi connectivity index (χ4n) is 1.89. The van der Waals surface area contributed by atoms with E-state index in [1.165, 1.54) is 22.9 Å². The molecule has 18 heavy (non-hydrogen) atoms. The van der Waals surface area contributed by atoms with Crippen LogP contribution in [0.4, 0.5) is 18.9 Å². The number of aliphatic carboxylic acids is 1. The molecule has 1 aromatic heterocycles. The standard InChI is InChI=1S/C11H9F3N2O2/c12-11(13,14)10-6-3-4-16(5-9(17)18)8(6)2-1-7(10)15/h1-4H,5,15H2,(H,17,18). The Labute approximate surface area is 99.4 Å². The van der Waals surface area contributed by atoms with Crippen LogP contribution in [0.15, 0.2) is 24.4 Å². The zero-order valence-electron chi connectivity index (χ0n) is 9.03. The topological polar surface area (TPSA) is 68.2 Å². The number of carbonyl (C=O) groups is 1. The Balaban J connectivity index is 2.69. The third kappa shape index (κ3) is 1.99. The SMILES string of the molecule is Nc1ccc2c(ccn2CC(=O)O)c1C(F)(F)F. The van der Waals surface area contributed by atoms with E-state index in [4.69, 9.17) is 10.8 Å². The zero-order valence-corrected chi connectivity index (χ0v) is 9.03. The van der Waals surface area contributed by atoms with Crippen LogP contribution in [0.1, 0.15) is 5.56 Å². The number of fused-ring (bicyclic) bond motifs is 1. The highest BCUT2D eigenvalue weighted by Crippen LogP contribution is 2.39. The number of aromatic nitrogens is 1. The molecule has 2 rings (SSSR count). The van der Waals surface area contributed by atoms with Crippen LogP contribution in [0.25, 0.3) is 10.9 Å². The average Bonchev–Trinajstić information content (AvgIpc) is 2.58. The molecular weight excluding hydrogens is 249 g/mol. The second-order valence-corrected chi connectivity index (χ2v) is 3.80. The van der Waals surface area contributed by atoms with Crippen molar-refractivity contribution in [2.45, 2.75) is 12.7 Å². The number of rotatable bonds is 2. The van der Waals surface area contributed by atoms with Crippen molar-refractivity contribution in [3.63, 3.8) is 0 Å².